The minimum absolute atomic E-state index is 0.220. The number of hydrogen-bond donors (Lipinski definition) is 2. The molecule has 1 aromatic rings. The van der Waals surface area contributed by atoms with Crippen molar-refractivity contribution >= 4 is 11.6 Å². The largest absolute Gasteiger partial charge is 0.393 e. The van der Waals surface area contributed by atoms with Gasteiger partial charge in [0, 0.05) is 11.1 Å². The van der Waals surface area contributed by atoms with E-state index in [1.165, 1.54) is 0 Å². The number of aliphatic hydroxyl groups excluding tert-OH is 1. The predicted molar refractivity (Wildman–Crippen MR) is 64.2 cm³/mol. The van der Waals surface area contributed by atoms with Gasteiger partial charge in [-0.2, -0.15) is 0 Å². The van der Waals surface area contributed by atoms with Crippen molar-refractivity contribution in [3.05, 3.63) is 34.9 Å². The molecule has 1 rings (SSSR count). The Morgan fingerprint density at radius 2 is 2.00 bits per heavy atom. The number of benzene rings is 1. The monoisotopic (exact) mass is 227 g/mol. The maximum atomic E-state index is 9.12. The predicted octanol–water partition coefficient (Wildman–Crippen LogP) is 2.76. The Morgan fingerprint density at radius 3 is 2.60 bits per heavy atom. The Labute approximate surface area is 96.3 Å². The standard InChI is InChI=1S/C12H18ClNO/c1-9(15)7-8-14-10(2)11-5-3-4-6-12(11)13/h3-6,9-10,14-15H,7-8H2,1-2H3. The molecule has 2 N–H and O–H groups in total. The smallest absolute Gasteiger partial charge is 0.0524 e. The minimum atomic E-state index is -0.254. The Morgan fingerprint density at radius 1 is 1.33 bits per heavy atom. The number of aliphatic hydroxyl groups is 1. The van der Waals surface area contributed by atoms with E-state index in [1.807, 2.05) is 24.3 Å². The van der Waals surface area contributed by atoms with Crippen LogP contribution in [-0.2, 0) is 0 Å². The van der Waals surface area contributed by atoms with Crippen molar-refractivity contribution in [2.45, 2.75) is 32.4 Å². The fourth-order valence-electron chi connectivity index (χ4n) is 1.44. The highest BCUT2D eigenvalue weighted by atomic mass is 35.5. The molecule has 1 aromatic carbocycles. The highest BCUT2D eigenvalue weighted by Gasteiger charge is 2.07. The van der Waals surface area contributed by atoms with E-state index < -0.39 is 0 Å². The molecule has 2 atom stereocenters. The number of halogens is 1. The van der Waals surface area contributed by atoms with E-state index >= 15 is 0 Å². The summed E-state index contributed by atoms with van der Waals surface area (Å²) >= 11 is 6.07. The minimum Gasteiger partial charge on any atom is -0.393 e. The molecular formula is C12H18ClNO. The lowest BCUT2D eigenvalue weighted by atomic mass is 10.1. The van der Waals surface area contributed by atoms with E-state index in [9.17, 15) is 0 Å². The van der Waals surface area contributed by atoms with Crippen molar-refractivity contribution in [1.29, 1.82) is 0 Å². The van der Waals surface area contributed by atoms with E-state index in [1.54, 1.807) is 6.92 Å². The van der Waals surface area contributed by atoms with Crippen LogP contribution in [0.25, 0.3) is 0 Å². The molecule has 0 saturated carbocycles. The SMILES string of the molecule is CC(O)CCNC(C)c1ccccc1Cl. The summed E-state index contributed by atoms with van der Waals surface area (Å²) in [7, 11) is 0. The van der Waals surface area contributed by atoms with E-state index in [0.29, 0.717) is 0 Å². The van der Waals surface area contributed by atoms with Gasteiger partial charge in [0.25, 0.3) is 0 Å². The summed E-state index contributed by atoms with van der Waals surface area (Å²) in [6.07, 6.45) is 0.505. The summed E-state index contributed by atoms with van der Waals surface area (Å²) in [4.78, 5) is 0. The molecule has 0 fully saturated rings. The maximum Gasteiger partial charge on any atom is 0.0524 e. The van der Waals surface area contributed by atoms with Gasteiger partial charge in [-0.3, -0.25) is 0 Å². The summed E-state index contributed by atoms with van der Waals surface area (Å²) in [6.45, 7) is 4.66. The zero-order valence-corrected chi connectivity index (χ0v) is 9.96. The highest BCUT2D eigenvalue weighted by molar-refractivity contribution is 6.31. The second kappa shape index (κ2) is 6.11. The summed E-state index contributed by atoms with van der Waals surface area (Å²) in [6, 6.07) is 8.03. The van der Waals surface area contributed by atoms with Crippen LogP contribution in [0.4, 0.5) is 0 Å². The van der Waals surface area contributed by atoms with E-state index in [2.05, 4.69) is 12.2 Å². The zero-order valence-electron chi connectivity index (χ0n) is 9.20. The van der Waals surface area contributed by atoms with Crippen molar-refractivity contribution in [3.63, 3.8) is 0 Å². The van der Waals surface area contributed by atoms with Gasteiger partial charge < -0.3 is 10.4 Å². The first kappa shape index (κ1) is 12.5. The summed E-state index contributed by atoms with van der Waals surface area (Å²) in [5, 5.41) is 13.2. The summed E-state index contributed by atoms with van der Waals surface area (Å²) < 4.78 is 0. The Bertz CT molecular complexity index is 301. The molecule has 84 valence electrons. The van der Waals surface area contributed by atoms with E-state index in [4.69, 9.17) is 16.7 Å². The molecular weight excluding hydrogens is 210 g/mol. The van der Waals surface area contributed by atoms with Crippen LogP contribution in [0.15, 0.2) is 24.3 Å². The molecule has 15 heavy (non-hydrogen) atoms. The van der Waals surface area contributed by atoms with Crippen molar-refractivity contribution in [2.75, 3.05) is 6.54 Å². The number of nitrogens with one attached hydrogen (secondary N) is 1. The van der Waals surface area contributed by atoms with Crippen LogP contribution in [-0.4, -0.2) is 17.8 Å². The lowest BCUT2D eigenvalue weighted by Gasteiger charge is -2.16. The first-order chi connectivity index (χ1) is 7.11. The molecule has 0 aliphatic carbocycles. The lowest BCUT2D eigenvalue weighted by Crippen LogP contribution is -2.22. The van der Waals surface area contributed by atoms with Crippen LogP contribution in [0.3, 0.4) is 0 Å². The average molecular weight is 228 g/mol. The van der Waals surface area contributed by atoms with E-state index in [0.717, 1.165) is 23.6 Å². The molecule has 0 bridgehead atoms. The number of rotatable bonds is 5. The third-order valence-electron chi connectivity index (χ3n) is 2.38. The third kappa shape index (κ3) is 4.20. The molecule has 0 heterocycles. The van der Waals surface area contributed by atoms with Crippen LogP contribution in [0.1, 0.15) is 31.9 Å². The Kier molecular flexibility index (Phi) is 5.09. The first-order valence-electron chi connectivity index (χ1n) is 5.27. The first-order valence-corrected chi connectivity index (χ1v) is 5.65. The summed E-state index contributed by atoms with van der Waals surface area (Å²) in [5.74, 6) is 0. The lowest BCUT2D eigenvalue weighted by molar-refractivity contribution is 0.182. The second-order valence-corrected chi connectivity index (χ2v) is 4.24. The quantitative estimate of drug-likeness (QED) is 0.811. The van der Waals surface area contributed by atoms with Gasteiger partial charge in [0.05, 0.1) is 6.10 Å². The van der Waals surface area contributed by atoms with Gasteiger partial charge in [-0.15, -0.1) is 0 Å². The second-order valence-electron chi connectivity index (χ2n) is 3.84. The number of hydrogen-bond acceptors (Lipinski definition) is 2. The maximum absolute atomic E-state index is 9.12. The summed E-state index contributed by atoms with van der Waals surface area (Å²) in [5.41, 5.74) is 1.10. The molecule has 2 unspecified atom stereocenters. The topological polar surface area (TPSA) is 32.3 Å². The zero-order chi connectivity index (χ0) is 11.3. The molecule has 3 heteroatoms. The van der Waals surface area contributed by atoms with Crippen molar-refractivity contribution < 1.29 is 5.11 Å². The average Bonchev–Trinajstić information content (AvgIpc) is 2.17. The van der Waals surface area contributed by atoms with Gasteiger partial charge in [-0.1, -0.05) is 29.8 Å². The molecule has 0 saturated heterocycles. The van der Waals surface area contributed by atoms with Gasteiger partial charge in [0.15, 0.2) is 0 Å². The molecule has 0 aliphatic rings. The molecule has 0 spiro atoms. The molecule has 0 aromatic heterocycles. The van der Waals surface area contributed by atoms with Gasteiger partial charge in [0.2, 0.25) is 0 Å². The Balaban J connectivity index is 2.47. The van der Waals surface area contributed by atoms with Gasteiger partial charge in [-0.05, 0) is 38.4 Å². The normalized spacial score (nSPS) is 14.9. The van der Waals surface area contributed by atoms with Crippen LogP contribution in [0.5, 0.6) is 0 Å². The van der Waals surface area contributed by atoms with Crippen molar-refractivity contribution in [2.24, 2.45) is 0 Å². The third-order valence-corrected chi connectivity index (χ3v) is 2.73. The van der Waals surface area contributed by atoms with Gasteiger partial charge in [-0.25, -0.2) is 0 Å². The van der Waals surface area contributed by atoms with Crippen LogP contribution >= 0.6 is 11.6 Å². The van der Waals surface area contributed by atoms with Crippen molar-refractivity contribution in [1.82, 2.24) is 5.32 Å². The van der Waals surface area contributed by atoms with Crippen LogP contribution < -0.4 is 5.32 Å². The van der Waals surface area contributed by atoms with Crippen LogP contribution in [0, 0.1) is 0 Å². The van der Waals surface area contributed by atoms with Gasteiger partial charge in [0.1, 0.15) is 0 Å². The molecule has 0 amide bonds. The van der Waals surface area contributed by atoms with Crippen molar-refractivity contribution in [3.8, 4) is 0 Å². The highest BCUT2D eigenvalue weighted by Crippen LogP contribution is 2.21. The fourth-order valence-corrected chi connectivity index (χ4v) is 1.74. The van der Waals surface area contributed by atoms with Gasteiger partial charge >= 0.3 is 0 Å². The fraction of sp³-hybridized carbons (Fsp3) is 0.500. The van der Waals surface area contributed by atoms with Crippen LogP contribution in [0.2, 0.25) is 5.02 Å². The van der Waals surface area contributed by atoms with E-state index in [-0.39, 0.29) is 12.1 Å². The Hall–Kier alpha value is -0.570. The molecule has 0 aliphatic heterocycles. The molecule has 2 nitrogen and oxygen atoms in total. The molecule has 0 radical (unpaired) electrons.